The highest BCUT2D eigenvalue weighted by Gasteiger charge is 2.44. The molecule has 0 saturated heterocycles. The van der Waals surface area contributed by atoms with Crippen molar-refractivity contribution in [2.75, 3.05) is 9.80 Å². The molecule has 0 fully saturated rings. The van der Waals surface area contributed by atoms with Crippen molar-refractivity contribution in [3.05, 3.63) is 199 Å². The van der Waals surface area contributed by atoms with Gasteiger partial charge in [0.1, 0.15) is 22.7 Å². The summed E-state index contributed by atoms with van der Waals surface area (Å²) in [5, 5.41) is 2.14. The number of furan rings is 2. The third-order valence-electron chi connectivity index (χ3n) is 13.8. The summed E-state index contributed by atoms with van der Waals surface area (Å²) in [6.07, 6.45) is 0. The van der Waals surface area contributed by atoms with Gasteiger partial charge in [0.25, 0.3) is 6.71 Å². The van der Waals surface area contributed by atoms with Gasteiger partial charge in [-0.15, -0.1) is 0 Å². The molecule has 0 atom stereocenters. The van der Waals surface area contributed by atoms with Crippen molar-refractivity contribution in [2.45, 2.75) is 59.3 Å². The standard InChI is InChI=1S/C61H51BN2O2/c1-38-29-53-59-54(30-38)64(48-32-43(57-35-41-17-11-13-19-55(41)65-57)31-44(33-48)58-36-42-18-12-14-20-56(42)66-58)51-27-21-40(39-15-9-8-10-16-39)34-49(51)62(59)50-37-46(61(5,6)7)24-28-52(50)63(53)47-25-22-45(23-26-47)60(2,3)4/h8-37H,1-7H3. The largest absolute Gasteiger partial charge is 0.456 e. The van der Waals surface area contributed by atoms with Gasteiger partial charge in [-0.1, -0.05) is 145 Å². The summed E-state index contributed by atoms with van der Waals surface area (Å²) in [5.41, 5.74) is 20.6. The van der Waals surface area contributed by atoms with Crippen molar-refractivity contribution in [3.8, 4) is 33.8 Å². The van der Waals surface area contributed by atoms with Crippen LogP contribution in [0.3, 0.4) is 0 Å². The predicted octanol–water partition coefficient (Wildman–Crippen LogP) is 15.2. The van der Waals surface area contributed by atoms with Gasteiger partial charge in [0.05, 0.1) is 0 Å². The SMILES string of the molecule is Cc1cc2c3c(c1)N(c1ccc(C(C)(C)C)cc1)c1ccc(C(C)(C)C)cc1B3c1cc(-c3ccccc3)ccc1N2c1cc(-c2cc3ccccc3o2)cc(-c2cc3ccccc3o2)c1. The second kappa shape index (κ2) is 14.8. The normalized spacial score (nSPS) is 13.3. The van der Waals surface area contributed by atoms with E-state index in [9.17, 15) is 0 Å². The number of nitrogens with zero attached hydrogens (tertiary/aromatic N) is 2. The number of benzene rings is 8. The molecule has 2 aliphatic heterocycles. The Labute approximate surface area is 387 Å². The van der Waals surface area contributed by atoms with E-state index in [2.05, 4.69) is 216 Å². The molecule has 0 saturated carbocycles. The number of fused-ring (bicyclic) bond motifs is 6. The van der Waals surface area contributed by atoms with Crippen LogP contribution in [0.1, 0.15) is 58.2 Å². The van der Waals surface area contributed by atoms with E-state index in [0.29, 0.717) is 0 Å². The second-order valence-electron chi connectivity index (χ2n) is 20.3. The molecule has 0 amide bonds. The van der Waals surface area contributed by atoms with Crippen LogP contribution in [0.15, 0.2) is 191 Å². The first-order valence-electron chi connectivity index (χ1n) is 23.2. The fraction of sp³-hybridized carbons (Fsp3) is 0.148. The molecule has 0 bridgehead atoms. The number of anilines is 6. The summed E-state index contributed by atoms with van der Waals surface area (Å²) in [5.74, 6) is 1.62. The first-order chi connectivity index (χ1) is 31.9. The topological polar surface area (TPSA) is 32.8 Å². The summed E-state index contributed by atoms with van der Waals surface area (Å²) < 4.78 is 13.3. The van der Waals surface area contributed by atoms with Crippen LogP contribution in [0.25, 0.3) is 55.7 Å². The Bertz CT molecular complexity index is 3370. The summed E-state index contributed by atoms with van der Waals surface area (Å²) in [7, 11) is 0. The lowest BCUT2D eigenvalue weighted by Gasteiger charge is -2.45. The van der Waals surface area contributed by atoms with Crippen LogP contribution in [-0.4, -0.2) is 6.71 Å². The second-order valence-corrected chi connectivity index (χ2v) is 20.3. The first-order valence-corrected chi connectivity index (χ1v) is 23.2. The molecule has 2 aromatic heterocycles. The van der Waals surface area contributed by atoms with Crippen LogP contribution >= 0.6 is 0 Å². The number of hydrogen-bond donors (Lipinski definition) is 0. The highest BCUT2D eigenvalue weighted by atomic mass is 16.3. The number of aryl methyl sites for hydroxylation is 1. The lowest BCUT2D eigenvalue weighted by Crippen LogP contribution is -2.61. The molecule has 66 heavy (non-hydrogen) atoms. The maximum atomic E-state index is 6.65. The Morgan fingerprint density at radius 1 is 0.394 bits per heavy atom. The maximum absolute atomic E-state index is 6.65. The van der Waals surface area contributed by atoms with Crippen LogP contribution in [0.5, 0.6) is 0 Å². The van der Waals surface area contributed by atoms with Crippen LogP contribution in [-0.2, 0) is 10.8 Å². The van der Waals surface area contributed by atoms with E-state index in [1.54, 1.807) is 0 Å². The van der Waals surface area contributed by atoms with Gasteiger partial charge >= 0.3 is 0 Å². The van der Waals surface area contributed by atoms with Gasteiger partial charge in [-0.25, -0.2) is 0 Å². The zero-order valence-electron chi connectivity index (χ0n) is 38.6. The Morgan fingerprint density at radius 2 is 0.909 bits per heavy atom. The molecule has 0 aliphatic carbocycles. The minimum atomic E-state index is -0.0514. The molecule has 0 radical (unpaired) electrons. The van der Waals surface area contributed by atoms with E-state index in [1.165, 1.54) is 55.6 Å². The minimum Gasteiger partial charge on any atom is -0.456 e. The fourth-order valence-electron chi connectivity index (χ4n) is 10.4. The Kier molecular flexibility index (Phi) is 8.96. The lowest BCUT2D eigenvalue weighted by molar-refractivity contribution is 0.590. The Hall–Kier alpha value is -7.50. The van der Waals surface area contributed by atoms with E-state index in [1.807, 2.05) is 24.3 Å². The number of para-hydroxylation sites is 2. The first kappa shape index (κ1) is 40.0. The number of hydrogen-bond acceptors (Lipinski definition) is 4. The molecule has 2 aliphatic rings. The van der Waals surface area contributed by atoms with Crippen LogP contribution in [0, 0.1) is 6.92 Å². The van der Waals surface area contributed by atoms with Crippen molar-refractivity contribution < 1.29 is 8.83 Å². The highest BCUT2D eigenvalue weighted by molar-refractivity contribution is 7.00. The van der Waals surface area contributed by atoms with Gasteiger partial charge in [-0.3, -0.25) is 0 Å². The van der Waals surface area contributed by atoms with E-state index < -0.39 is 0 Å². The fourth-order valence-corrected chi connectivity index (χ4v) is 10.4. The van der Waals surface area contributed by atoms with Crippen molar-refractivity contribution in [3.63, 3.8) is 0 Å². The monoisotopic (exact) mass is 854 g/mol. The molecule has 4 nitrogen and oxygen atoms in total. The maximum Gasteiger partial charge on any atom is 0.252 e. The van der Waals surface area contributed by atoms with E-state index in [4.69, 9.17) is 8.83 Å². The Balaban J connectivity index is 1.16. The summed E-state index contributed by atoms with van der Waals surface area (Å²) in [4.78, 5) is 5.02. The third-order valence-corrected chi connectivity index (χ3v) is 13.8. The third kappa shape index (κ3) is 6.59. The van der Waals surface area contributed by atoms with Gasteiger partial charge in [0.15, 0.2) is 0 Å². The average Bonchev–Trinajstić information content (AvgIpc) is 3.96. The zero-order valence-corrected chi connectivity index (χ0v) is 38.6. The van der Waals surface area contributed by atoms with Crippen LogP contribution in [0.2, 0.25) is 0 Å². The summed E-state index contributed by atoms with van der Waals surface area (Å²) in [6, 6.07) is 66.8. The molecule has 10 aromatic rings. The average molecular weight is 855 g/mol. The van der Waals surface area contributed by atoms with Gasteiger partial charge in [-0.05, 0) is 141 Å². The zero-order chi connectivity index (χ0) is 45.1. The van der Waals surface area contributed by atoms with Crippen LogP contribution < -0.4 is 26.2 Å². The molecular formula is C61H51BN2O2. The minimum absolute atomic E-state index is 0.0341. The van der Waals surface area contributed by atoms with E-state index in [0.717, 1.165) is 67.3 Å². The highest BCUT2D eigenvalue weighted by Crippen LogP contribution is 2.48. The van der Waals surface area contributed by atoms with Gasteiger partial charge < -0.3 is 18.6 Å². The molecule has 0 N–H and O–H groups in total. The molecule has 0 spiro atoms. The molecule has 12 rings (SSSR count). The van der Waals surface area contributed by atoms with E-state index in [-0.39, 0.29) is 17.5 Å². The smallest absolute Gasteiger partial charge is 0.252 e. The Morgan fingerprint density at radius 3 is 1.48 bits per heavy atom. The molecule has 8 aromatic carbocycles. The van der Waals surface area contributed by atoms with Crippen molar-refractivity contribution in [2.24, 2.45) is 0 Å². The predicted molar refractivity (Wildman–Crippen MR) is 278 cm³/mol. The molecule has 4 heterocycles. The quantitative estimate of drug-likeness (QED) is 0.162. The van der Waals surface area contributed by atoms with Crippen molar-refractivity contribution in [1.29, 1.82) is 0 Å². The van der Waals surface area contributed by atoms with Crippen molar-refractivity contribution in [1.82, 2.24) is 0 Å². The van der Waals surface area contributed by atoms with Crippen LogP contribution in [0.4, 0.5) is 34.1 Å². The number of rotatable bonds is 5. The molecular weight excluding hydrogens is 803 g/mol. The van der Waals surface area contributed by atoms with E-state index >= 15 is 0 Å². The van der Waals surface area contributed by atoms with Gasteiger partial charge in [0.2, 0.25) is 0 Å². The lowest BCUT2D eigenvalue weighted by atomic mass is 9.33. The van der Waals surface area contributed by atoms with Gasteiger partial charge in [0, 0.05) is 56.0 Å². The van der Waals surface area contributed by atoms with Crippen molar-refractivity contribution >= 4 is 79.2 Å². The summed E-state index contributed by atoms with van der Waals surface area (Å²) >= 11 is 0. The molecule has 0 unspecified atom stereocenters. The van der Waals surface area contributed by atoms with Gasteiger partial charge in [-0.2, -0.15) is 0 Å². The summed E-state index contributed by atoms with van der Waals surface area (Å²) in [6.45, 7) is 16.0. The molecule has 320 valence electrons. The molecule has 5 heteroatoms.